The number of azo groups is 3. The summed E-state index contributed by atoms with van der Waals surface area (Å²) in [4.78, 5) is 5.14. The molecule has 440 valence electrons. The maximum absolute atomic E-state index is 12.9. The zero-order chi connectivity index (χ0) is 59.8. The summed E-state index contributed by atoms with van der Waals surface area (Å²) >= 11 is 4.32. The Balaban J connectivity index is 0.00000207. The third-order valence-corrected chi connectivity index (χ3v) is 16.1. The molecule has 82 heavy (non-hydrogen) atoms. The van der Waals surface area contributed by atoms with Crippen molar-refractivity contribution in [3.63, 3.8) is 0 Å². The van der Waals surface area contributed by atoms with Crippen molar-refractivity contribution in [1.82, 2.24) is 19.6 Å². The molecule has 0 saturated heterocycles. The van der Waals surface area contributed by atoms with Crippen molar-refractivity contribution in [1.29, 1.82) is 5.26 Å². The van der Waals surface area contributed by atoms with E-state index in [2.05, 4.69) is 69.6 Å². The number of fused-ring (bicyclic) bond motifs is 4. The lowest BCUT2D eigenvalue weighted by molar-refractivity contribution is -0.432. The third kappa shape index (κ3) is 18.0. The summed E-state index contributed by atoms with van der Waals surface area (Å²) < 4.78 is 116. The molecule has 0 radical (unpaired) electrons. The number of pyridine rings is 1. The lowest BCUT2D eigenvalue weighted by Gasteiger charge is -2.26. The van der Waals surface area contributed by atoms with Gasteiger partial charge in [-0.2, -0.15) is 30.5 Å². The molecule has 0 atom stereocenters. The highest BCUT2D eigenvalue weighted by atomic mass is 32.2. The number of phenols is 1. The van der Waals surface area contributed by atoms with Crippen LogP contribution in [0.4, 0.5) is 39.3 Å². The molecule has 33 nitrogen and oxygen atoms in total. The number of aromatic nitrogens is 4. The predicted octanol–water partition coefficient (Wildman–Crippen LogP) is 10.2. The quantitative estimate of drug-likeness (QED) is 0.00430. The number of nitriles is 1. The molecule has 0 aliphatic heterocycles. The molecule has 0 fully saturated rings. The second kappa shape index (κ2) is 29.9. The van der Waals surface area contributed by atoms with Crippen LogP contribution in [0.3, 0.4) is 0 Å². The van der Waals surface area contributed by atoms with Crippen LogP contribution in [-0.4, -0.2) is 134 Å². The van der Waals surface area contributed by atoms with E-state index in [1.54, 1.807) is 29.2 Å². The molecule has 7 aromatic rings. The Morgan fingerprint density at radius 3 is 2.11 bits per heavy atom. The first-order valence-electron chi connectivity index (χ1n) is 22.2. The zero-order valence-electron chi connectivity index (χ0n) is 41.9. The lowest BCUT2D eigenvalue weighted by atomic mass is 10.1. The van der Waals surface area contributed by atoms with E-state index in [1.807, 2.05) is 6.07 Å². The Labute approximate surface area is 484 Å². The van der Waals surface area contributed by atoms with Crippen LogP contribution in [-0.2, 0) is 58.5 Å². The smallest absolute Gasteiger partial charge is 0.296 e. The summed E-state index contributed by atoms with van der Waals surface area (Å²) in [6, 6.07) is 14.8. The number of aromatic hydroxyl groups is 2. The fourth-order valence-corrected chi connectivity index (χ4v) is 11.3. The van der Waals surface area contributed by atoms with Crippen molar-refractivity contribution in [2.75, 3.05) is 54.4 Å². The van der Waals surface area contributed by atoms with E-state index in [9.17, 15) is 49.8 Å². The zero-order valence-corrected chi connectivity index (χ0v) is 48.4. The van der Waals surface area contributed by atoms with E-state index >= 15 is 0 Å². The molecule has 0 amide bonds. The van der Waals surface area contributed by atoms with Gasteiger partial charge in [-0.1, -0.05) is 50.3 Å². The van der Waals surface area contributed by atoms with Gasteiger partial charge in [-0.3, -0.25) is 18.1 Å². The summed E-state index contributed by atoms with van der Waals surface area (Å²) in [6.45, 7) is 1.55. The normalized spacial score (nSPS) is 12.3. The number of imidazole rings is 1. The number of anilines is 1. The number of methoxy groups -OCH3 is 1. The molecule has 0 aliphatic rings. The minimum atomic E-state index is -5.13. The van der Waals surface area contributed by atoms with Gasteiger partial charge in [0.05, 0.1) is 52.8 Å². The van der Waals surface area contributed by atoms with E-state index in [0.717, 1.165) is 47.6 Å². The molecular weight excluding hydrogens is 1250 g/mol. The van der Waals surface area contributed by atoms with Gasteiger partial charge in [0.15, 0.2) is 21.4 Å². The van der Waals surface area contributed by atoms with Gasteiger partial charge < -0.3 is 19.8 Å². The molecule has 0 saturated carbocycles. The van der Waals surface area contributed by atoms with Crippen LogP contribution in [0.15, 0.2) is 99.4 Å². The first kappa shape index (κ1) is 65.1. The van der Waals surface area contributed by atoms with Crippen molar-refractivity contribution in [3.05, 3.63) is 65.7 Å². The van der Waals surface area contributed by atoms with Crippen LogP contribution in [0, 0.1) is 18.3 Å². The minimum absolute atomic E-state index is 0.0150. The van der Waals surface area contributed by atoms with Crippen molar-refractivity contribution in [3.8, 4) is 23.4 Å². The Bertz CT molecular complexity index is 3900. The summed E-state index contributed by atoms with van der Waals surface area (Å²) in [5.74, 6) is -0.654. The molecule has 41 heteroatoms. The highest BCUT2D eigenvalue weighted by Gasteiger charge is 2.25. The van der Waals surface area contributed by atoms with Gasteiger partial charge in [0, 0.05) is 71.4 Å². The maximum Gasteiger partial charge on any atom is 0.296 e. The maximum atomic E-state index is 12.9. The minimum Gasteiger partial charge on any atom is -0.505 e. The number of rotatable bonds is 28. The number of phenolic OH excluding ortho intramolecular Hbond substituents is 1. The van der Waals surface area contributed by atoms with E-state index in [0.29, 0.717) is 51.6 Å². The predicted molar refractivity (Wildman–Crippen MR) is 296 cm³/mol. The molecule has 0 unspecified atom stereocenters. The highest BCUT2D eigenvalue weighted by Crippen LogP contribution is 2.49. The standard InChI is InChI=1S/C40H38N12O18S7.CH4O3S/c1-21-24(20-41)37-42-25-7-3-4-8-29(25)52(37)38(54)34(21)46-45-28-17-23-22(16-33(28)77(61,62)63)15-32(75-70-67-57)35(36(23)53)47-43-26-19-31(64-2)27(44-48-39-49-50-40(74-39)71-12-13-73-69-66-56)18-30(26)51(9-5-11-72-68-65-55)10-6-14-76(58,59)60;1-5(2,3)4/h3-4,7-8,15-19,53-57H,5-6,9-14H2,1-2H3,(H,58,59,60)(H,61,62,63);1H3,(H,2,3,4). The van der Waals surface area contributed by atoms with Gasteiger partial charge in [0.25, 0.3) is 35.5 Å². The molecule has 3 heterocycles. The second-order valence-electron chi connectivity index (χ2n) is 15.8. The van der Waals surface area contributed by atoms with Crippen molar-refractivity contribution < 1.29 is 97.7 Å². The molecular formula is C41H42N12O21S8. The average molecular weight is 1300 g/mol. The van der Waals surface area contributed by atoms with Crippen LogP contribution < -0.4 is 9.64 Å². The number of ether oxygens (including phenoxy) is 1. The van der Waals surface area contributed by atoms with E-state index < -0.39 is 64.0 Å². The van der Waals surface area contributed by atoms with Crippen LogP contribution in [0.2, 0.25) is 0 Å². The molecule has 0 bridgehead atoms. The summed E-state index contributed by atoms with van der Waals surface area (Å²) in [5, 5.41) is 104. The highest BCUT2D eigenvalue weighted by molar-refractivity contribution is 8.02. The van der Waals surface area contributed by atoms with Gasteiger partial charge in [-0.15, -0.1) is 53.9 Å². The SMILES string of the molecule is COc1cc(N=Nc2c(SOOO)cc3cc(S(=O)(=O)O)c(N=Nc4c(C)c(C#N)c5nc6ccccc6n5c4O)cc3c2O)c(N(CCCSOOO)CCCS(=O)(=O)O)cc1N=Nc1nnc(SCCSOOO)s1.CS(=O)(=O)O. The van der Waals surface area contributed by atoms with Gasteiger partial charge in [-0.05, 0) is 61.5 Å². The van der Waals surface area contributed by atoms with E-state index in [4.69, 9.17) is 29.4 Å². The Morgan fingerprint density at radius 1 is 0.780 bits per heavy atom. The number of para-hydroxylation sites is 2. The first-order valence-corrected chi connectivity index (χ1v) is 31.5. The Kier molecular flexibility index (Phi) is 23.8. The summed E-state index contributed by atoms with van der Waals surface area (Å²) in [6.07, 6.45) is 0.896. The number of nitrogens with zero attached hydrogens (tertiary/aromatic N) is 12. The van der Waals surface area contributed by atoms with Gasteiger partial charge in [0.1, 0.15) is 45.0 Å². The molecule has 8 N–H and O–H groups in total. The monoisotopic (exact) mass is 1290 g/mol. The fraction of sp³-hybridized carbons (Fsp3) is 0.268. The molecule has 4 aromatic carbocycles. The van der Waals surface area contributed by atoms with Gasteiger partial charge in [0.2, 0.25) is 5.88 Å². The van der Waals surface area contributed by atoms with E-state index in [1.165, 1.54) is 48.4 Å². The molecule has 3 aromatic heterocycles. The first-order chi connectivity index (χ1) is 39.0. The third-order valence-electron chi connectivity index (χ3n) is 10.4. The largest absolute Gasteiger partial charge is 0.505 e. The molecule has 0 spiro atoms. The van der Waals surface area contributed by atoms with Gasteiger partial charge in [-0.25, -0.2) is 20.8 Å². The van der Waals surface area contributed by atoms with Gasteiger partial charge >= 0.3 is 0 Å². The summed E-state index contributed by atoms with van der Waals surface area (Å²) in [7, 11) is -11.9. The number of thioether (sulfide) groups is 1. The van der Waals surface area contributed by atoms with Crippen molar-refractivity contribution >= 4 is 156 Å². The van der Waals surface area contributed by atoms with Crippen LogP contribution in [0.1, 0.15) is 24.0 Å². The average Bonchev–Trinajstić information content (AvgIpc) is 4.12. The Morgan fingerprint density at radius 2 is 1.44 bits per heavy atom. The van der Waals surface area contributed by atoms with E-state index in [-0.39, 0.29) is 91.3 Å². The lowest BCUT2D eigenvalue weighted by Crippen LogP contribution is -2.27. The van der Waals surface area contributed by atoms with Crippen molar-refractivity contribution in [2.24, 2.45) is 30.7 Å². The molecule has 0 aliphatic carbocycles. The number of hydrogen-bond donors (Lipinski definition) is 8. The van der Waals surface area contributed by atoms with Crippen LogP contribution >= 0.6 is 59.2 Å². The molecule has 7 rings (SSSR count). The fourth-order valence-electron chi connectivity index (χ4n) is 7.19. The van der Waals surface area contributed by atoms with Crippen LogP contribution in [0.5, 0.6) is 17.4 Å². The van der Waals surface area contributed by atoms with Crippen molar-refractivity contribution in [2.45, 2.75) is 33.9 Å². The van der Waals surface area contributed by atoms with Crippen LogP contribution in [0.25, 0.3) is 27.5 Å². The number of benzene rings is 4. The number of hydrogen-bond acceptors (Lipinski definition) is 34. The second-order valence-corrected chi connectivity index (χ2v) is 24.8. The topological polar surface area (TPSA) is 473 Å². The summed E-state index contributed by atoms with van der Waals surface area (Å²) in [5.41, 5.74) is 0.162. The Hall–Kier alpha value is -6.09.